The topological polar surface area (TPSA) is 38.3 Å². The molecule has 0 bridgehead atoms. The third-order valence-corrected chi connectivity index (χ3v) is 3.98. The maximum Gasteiger partial charge on any atom is 0.231 e. The van der Waals surface area contributed by atoms with Crippen LogP contribution in [0.25, 0.3) is 0 Å². The monoisotopic (exact) mass is 281 g/mol. The standard InChI is InChI=1S/C18H19NO2/c1-12-6-5-7-13(2)17(12)19-18(20)15-10-14-8-3-4-9-16(14)21-11-15/h3-9,15H,10-11H2,1-2H3,(H,19,20)/t15-/m1/s1. The molecular formula is C18H19NO2. The molecule has 0 radical (unpaired) electrons. The van der Waals surface area contributed by atoms with E-state index in [0.29, 0.717) is 6.61 Å². The molecule has 0 aliphatic carbocycles. The lowest BCUT2D eigenvalue weighted by Crippen LogP contribution is -2.32. The Morgan fingerprint density at radius 1 is 1.10 bits per heavy atom. The van der Waals surface area contributed by atoms with Crippen LogP contribution in [0.1, 0.15) is 16.7 Å². The van der Waals surface area contributed by atoms with Crippen LogP contribution in [0.4, 0.5) is 5.69 Å². The molecule has 2 aromatic rings. The highest BCUT2D eigenvalue weighted by molar-refractivity contribution is 5.94. The van der Waals surface area contributed by atoms with Crippen molar-refractivity contribution >= 4 is 11.6 Å². The molecule has 1 heterocycles. The Morgan fingerprint density at radius 2 is 1.81 bits per heavy atom. The summed E-state index contributed by atoms with van der Waals surface area (Å²) in [6, 6.07) is 13.9. The first-order valence-corrected chi connectivity index (χ1v) is 7.23. The zero-order chi connectivity index (χ0) is 14.8. The number of ether oxygens (including phenoxy) is 1. The molecule has 3 heteroatoms. The number of carbonyl (C=O) groups is 1. The first kappa shape index (κ1) is 13.7. The Morgan fingerprint density at radius 3 is 2.57 bits per heavy atom. The Bertz CT molecular complexity index is 658. The summed E-state index contributed by atoms with van der Waals surface area (Å²) in [4.78, 5) is 12.5. The van der Waals surface area contributed by atoms with Gasteiger partial charge in [0.2, 0.25) is 5.91 Å². The van der Waals surface area contributed by atoms with Crippen LogP contribution < -0.4 is 10.1 Å². The predicted octanol–water partition coefficient (Wildman–Crippen LogP) is 3.49. The quantitative estimate of drug-likeness (QED) is 0.915. The number of nitrogens with one attached hydrogen (secondary N) is 1. The number of benzene rings is 2. The van der Waals surface area contributed by atoms with E-state index in [9.17, 15) is 4.79 Å². The Hall–Kier alpha value is -2.29. The van der Waals surface area contributed by atoms with Gasteiger partial charge < -0.3 is 10.1 Å². The molecule has 1 aliphatic heterocycles. The summed E-state index contributed by atoms with van der Waals surface area (Å²) in [5.74, 6) is 0.787. The van der Waals surface area contributed by atoms with Gasteiger partial charge in [-0.3, -0.25) is 4.79 Å². The van der Waals surface area contributed by atoms with Gasteiger partial charge in [0, 0.05) is 5.69 Å². The van der Waals surface area contributed by atoms with Gasteiger partial charge in [0.25, 0.3) is 0 Å². The SMILES string of the molecule is Cc1cccc(C)c1NC(=O)[C@H]1COc2ccccc2C1. The van der Waals surface area contributed by atoms with Crippen molar-refractivity contribution in [3.63, 3.8) is 0 Å². The van der Waals surface area contributed by atoms with E-state index in [2.05, 4.69) is 5.32 Å². The van der Waals surface area contributed by atoms with Gasteiger partial charge in [0.05, 0.1) is 5.92 Å². The summed E-state index contributed by atoms with van der Waals surface area (Å²) in [5, 5.41) is 3.06. The van der Waals surface area contributed by atoms with Crippen LogP contribution >= 0.6 is 0 Å². The van der Waals surface area contributed by atoms with Crippen LogP contribution in [0.2, 0.25) is 0 Å². The summed E-state index contributed by atoms with van der Waals surface area (Å²) in [6.45, 7) is 4.46. The molecule has 3 nitrogen and oxygen atoms in total. The van der Waals surface area contributed by atoms with Crippen LogP contribution in [0, 0.1) is 19.8 Å². The summed E-state index contributed by atoms with van der Waals surface area (Å²) < 4.78 is 5.69. The number of fused-ring (bicyclic) bond motifs is 1. The normalized spacial score (nSPS) is 16.8. The average molecular weight is 281 g/mol. The van der Waals surface area contributed by atoms with E-state index in [1.165, 1.54) is 0 Å². The van der Waals surface area contributed by atoms with Crippen LogP contribution in [0.15, 0.2) is 42.5 Å². The van der Waals surface area contributed by atoms with Crippen molar-refractivity contribution in [1.82, 2.24) is 0 Å². The fourth-order valence-electron chi connectivity index (χ4n) is 2.73. The highest BCUT2D eigenvalue weighted by Gasteiger charge is 2.26. The number of para-hydroxylation sites is 2. The maximum atomic E-state index is 12.5. The van der Waals surface area contributed by atoms with Gasteiger partial charge in [-0.15, -0.1) is 0 Å². The largest absolute Gasteiger partial charge is 0.492 e. The van der Waals surface area contributed by atoms with E-state index in [4.69, 9.17) is 4.74 Å². The summed E-state index contributed by atoms with van der Waals surface area (Å²) >= 11 is 0. The van der Waals surface area contributed by atoms with Crippen molar-refractivity contribution in [2.24, 2.45) is 5.92 Å². The van der Waals surface area contributed by atoms with Gasteiger partial charge in [-0.05, 0) is 43.0 Å². The molecule has 0 aromatic heterocycles. The highest BCUT2D eigenvalue weighted by Crippen LogP contribution is 2.28. The molecule has 21 heavy (non-hydrogen) atoms. The highest BCUT2D eigenvalue weighted by atomic mass is 16.5. The molecule has 2 aromatic carbocycles. The van der Waals surface area contributed by atoms with Crippen LogP contribution in [0.3, 0.4) is 0 Å². The van der Waals surface area contributed by atoms with Gasteiger partial charge in [-0.2, -0.15) is 0 Å². The molecule has 1 atom stereocenters. The Balaban J connectivity index is 1.76. The molecule has 0 saturated heterocycles. The van der Waals surface area contributed by atoms with Crippen molar-refractivity contribution in [2.75, 3.05) is 11.9 Å². The van der Waals surface area contributed by atoms with E-state index in [-0.39, 0.29) is 11.8 Å². The lowest BCUT2D eigenvalue weighted by Gasteiger charge is -2.25. The van der Waals surface area contributed by atoms with E-state index < -0.39 is 0 Å². The number of rotatable bonds is 2. The summed E-state index contributed by atoms with van der Waals surface area (Å²) in [6.07, 6.45) is 0.729. The number of anilines is 1. The Labute approximate surface area is 124 Å². The molecule has 1 aliphatic rings. The zero-order valence-electron chi connectivity index (χ0n) is 12.3. The fraction of sp³-hybridized carbons (Fsp3) is 0.278. The van der Waals surface area contributed by atoms with E-state index in [0.717, 1.165) is 34.5 Å². The second-order valence-electron chi connectivity index (χ2n) is 5.58. The third kappa shape index (κ3) is 2.77. The van der Waals surface area contributed by atoms with Crippen LogP contribution in [0.5, 0.6) is 5.75 Å². The number of carbonyl (C=O) groups excluding carboxylic acids is 1. The molecule has 108 valence electrons. The molecule has 0 unspecified atom stereocenters. The lowest BCUT2D eigenvalue weighted by atomic mass is 9.95. The first-order valence-electron chi connectivity index (χ1n) is 7.23. The summed E-state index contributed by atoms with van der Waals surface area (Å²) in [7, 11) is 0. The third-order valence-electron chi connectivity index (χ3n) is 3.98. The van der Waals surface area contributed by atoms with Crippen molar-refractivity contribution in [3.8, 4) is 5.75 Å². The van der Waals surface area contributed by atoms with E-state index in [1.807, 2.05) is 56.3 Å². The van der Waals surface area contributed by atoms with Gasteiger partial charge in [-0.1, -0.05) is 36.4 Å². The summed E-state index contributed by atoms with van der Waals surface area (Å²) in [5.41, 5.74) is 4.19. The van der Waals surface area contributed by atoms with Gasteiger partial charge in [0.15, 0.2) is 0 Å². The smallest absolute Gasteiger partial charge is 0.231 e. The van der Waals surface area contributed by atoms with E-state index in [1.54, 1.807) is 0 Å². The molecule has 0 fully saturated rings. The Kier molecular flexibility index (Phi) is 3.65. The van der Waals surface area contributed by atoms with Gasteiger partial charge >= 0.3 is 0 Å². The second kappa shape index (κ2) is 5.60. The minimum absolute atomic E-state index is 0.0295. The molecular weight excluding hydrogens is 262 g/mol. The zero-order valence-corrected chi connectivity index (χ0v) is 12.3. The van der Waals surface area contributed by atoms with Crippen molar-refractivity contribution in [3.05, 3.63) is 59.2 Å². The number of aryl methyl sites for hydroxylation is 2. The maximum absolute atomic E-state index is 12.5. The number of hydrogen-bond donors (Lipinski definition) is 1. The number of amides is 1. The molecule has 1 amide bonds. The predicted molar refractivity (Wildman–Crippen MR) is 83.7 cm³/mol. The lowest BCUT2D eigenvalue weighted by molar-refractivity contribution is -0.121. The van der Waals surface area contributed by atoms with Gasteiger partial charge in [0.1, 0.15) is 12.4 Å². The molecule has 0 spiro atoms. The van der Waals surface area contributed by atoms with Gasteiger partial charge in [-0.25, -0.2) is 0 Å². The van der Waals surface area contributed by atoms with E-state index >= 15 is 0 Å². The van der Waals surface area contributed by atoms with Crippen LogP contribution in [-0.4, -0.2) is 12.5 Å². The molecule has 1 N–H and O–H groups in total. The first-order chi connectivity index (χ1) is 10.1. The fourth-order valence-corrected chi connectivity index (χ4v) is 2.73. The molecule has 3 rings (SSSR count). The minimum atomic E-state index is -0.140. The molecule has 0 saturated carbocycles. The van der Waals surface area contributed by atoms with Crippen LogP contribution in [-0.2, 0) is 11.2 Å². The van der Waals surface area contributed by atoms with Crippen molar-refractivity contribution < 1.29 is 9.53 Å². The second-order valence-corrected chi connectivity index (χ2v) is 5.58. The van der Waals surface area contributed by atoms with Crippen molar-refractivity contribution in [2.45, 2.75) is 20.3 Å². The minimum Gasteiger partial charge on any atom is -0.492 e. The number of hydrogen-bond acceptors (Lipinski definition) is 2. The van der Waals surface area contributed by atoms with Crippen molar-refractivity contribution in [1.29, 1.82) is 0 Å². The average Bonchev–Trinajstić information content (AvgIpc) is 2.50.